The number of anilines is 1. The van der Waals surface area contributed by atoms with Crippen molar-refractivity contribution < 1.29 is 4.79 Å². The summed E-state index contributed by atoms with van der Waals surface area (Å²) in [5.41, 5.74) is 7.45. The molecule has 0 bridgehead atoms. The second kappa shape index (κ2) is 10.0. The standard InChI is InChI=1S/C22H31N7O2/c23-17-3-5-18(6-4-17)25-15-16-1-7-19(8-2-16)29-12-9-20(27-22(29)31)26-21(30)28-13-10-24-11-14-28/h1-2,7-9,12,17-18,24-25H,3-6,10-11,13-15,23H2,(H,26,27,30,31). The minimum atomic E-state index is -0.428. The van der Waals surface area contributed by atoms with Gasteiger partial charge in [0.25, 0.3) is 0 Å². The Kier molecular flexibility index (Phi) is 6.96. The van der Waals surface area contributed by atoms with Crippen molar-refractivity contribution in [3.63, 3.8) is 0 Å². The minimum absolute atomic E-state index is 0.233. The first-order valence-corrected chi connectivity index (χ1v) is 11.0. The lowest BCUT2D eigenvalue weighted by atomic mass is 9.92. The van der Waals surface area contributed by atoms with E-state index < -0.39 is 5.69 Å². The number of nitrogens with zero attached hydrogens (tertiary/aromatic N) is 3. The lowest BCUT2D eigenvalue weighted by Gasteiger charge is -2.27. The van der Waals surface area contributed by atoms with Crippen LogP contribution < -0.4 is 27.4 Å². The van der Waals surface area contributed by atoms with E-state index in [1.807, 2.05) is 24.3 Å². The first-order chi connectivity index (χ1) is 15.1. The monoisotopic (exact) mass is 425 g/mol. The van der Waals surface area contributed by atoms with Crippen molar-refractivity contribution in [2.45, 2.75) is 44.3 Å². The van der Waals surface area contributed by atoms with Crippen molar-refractivity contribution in [3.05, 3.63) is 52.6 Å². The zero-order valence-corrected chi connectivity index (χ0v) is 17.7. The van der Waals surface area contributed by atoms with Crippen molar-refractivity contribution in [1.29, 1.82) is 0 Å². The van der Waals surface area contributed by atoms with E-state index in [1.54, 1.807) is 17.2 Å². The van der Waals surface area contributed by atoms with E-state index in [-0.39, 0.29) is 11.8 Å². The fourth-order valence-electron chi connectivity index (χ4n) is 4.09. The number of rotatable bonds is 5. The number of urea groups is 1. The molecule has 31 heavy (non-hydrogen) atoms. The molecule has 5 N–H and O–H groups in total. The predicted molar refractivity (Wildman–Crippen MR) is 120 cm³/mol. The number of carbonyl (C=O) groups is 1. The van der Waals surface area contributed by atoms with Crippen molar-refractivity contribution in [1.82, 2.24) is 25.1 Å². The average molecular weight is 426 g/mol. The van der Waals surface area contributed by atoms with Gasteiger partial charge in [0.2, 0.25) is 0 Å². The van der Waals surface area contributed by atoms with Crippen molar-refractivity contribution in [3.8, 4) is 5.69 Å². The number of nitrogens with two attached hydrogens (primary N) is 1. The molecule has 9 heteroatoms. The predicted octanol–water partition coefficient (Wildman–Crippen LogP) is 1.03. The molecule has 1 aliphatic carbocycles. The fourth-order valence-corrected chi connectivity index (χ4v) is 4.09. The quantitative estimate of drug-likeness (QED) is 0.568. The molecule has 9 nitrogen and oxygen atoms in total. The summed E-state index contributed by atoms with van der Waals surface area (Å²) < 4.78 is 1.47. The van der Waals surface area contributed by atoms with Gasteiger partial charge >= 0.3 is 11.7 Å². The van der Waals surface area contributed by atoms with Crippen molar-refractivity contribution >= 4 is 11.8 Å². The summed E-state index contributed by atoms with van der Waals surface area (Å²) in [5, 5.41) is 9.51. The molecule has 2 aromatic rings. The molecule has 2 amide bonds. The molecular weight excluding hydrogens is 394 g/mol. The zero-order valence-electron chi connectivity index (χ0n) is 17.7. The molecule has 2 fully saturated rings. The van der Waals surface area contributed by atoms with Gasteiger partial charge in [-0.3, -0.25) is 9.88 Å². The van der Waals surface area contributed by atoms with Crippen molar-refractivity contribution in [2.24, 2.45) is 5.73 Å². The molecule has 1 aromatic heterocycles. The van der Waals surface area contributed by atoms with E-state index in [0.29, 0.717) is 25.2 Å². The second-order valence-corrected chi connectivity index (χ2v) is 8.29. The first kappa shape index (κ1) is 21.5. The molecule has 1 aliphatic heterocycles. The van der Waals surface area contributed by atoms with Crippen LogP contribution in [0.2, 0.25) is 0 Å². The number of aromatic nitrogens is 2. The maximum absolute atomic E-state index is 12.5. The molecular formula is C22H31N7O2. The van der Waals surface area contributed by atoms with E-state index in [9.17, 15) is 9.59 Å². The van der Waals surface area contributed by atoms with Gasteiger partial charge in [0, 0.05) is 51.0 Å². The van der Waals surface area contributed by atoms with Crippen LogP contribution in [0.3, 0.4) is 0 Å². The van der Waals surface area contributed by atoms with Gasteiger partial charge in [0.1, 0.15) is 5.82 Å². The Labute approximate surface area is 182 Å². The Morgan fingerprint density at radius 2 is 1.81 bits per heavy atom. The lowest BCUT2D eigenvalue weighted by molar-refractivity contribution is 0.204. The Morgan fingerprint density at radius 3 is 2.48 bits per heavy atom. The van der Waals surface area contributed by atoms with Crippen molar-refractivity contribution in [2.75, 3.05) is 31.5 Å². The third kappa shape index (κ3) is 5.69. The second-order valence-electron chi connectivity index (χ2n) is 8.29. The maximum atomic E-state index is 12.5. The summed E-state index contributed by atoms with van der Waals surface area (Å²) in [4.78, 5) is 30.5. The summed E-state index contributed by atoms with van der Waals surface area (Å²) in [5.74, 6) is 0.262. The highest BCUT2D eigenvalue weighted by Crippen LogP contribution is 2.17. The fraction of sp³-hybridized carbons (Fsp3) is 0.500. The third-order valence-corrected chi connectivity index (χ3v) is 6.02. The first-order valence-electron chi connectivity index (χ1n) is 11.0. The third-order valence-electron chi connectivity index (χ3n) is 6.02. The van der Waals surface area contributed by atoms with E-state index in [1.165, 1.54) is 10.1 Å². The molecule has 4 rings (SSSR count). The van der Waals surface area contributed by atoms with Gasteiger partial charge < -0.3 is 21.3 Å². The van der Waals surface area contributed by atoms with Crippen LogP contribution >= 0.6 is 0 Å². The van der Waals surface area contributed by atoms with Gasteiger partial charge in [-0.05, 0) is 49.4 Å². The number of nitrogens with one attached hydrogen (secondary N) is 3. The van der Waals surface area contributed by atoms with Gasteiger partial charge in [-0.1, -0.05) is 12.1 Å². The van der Waals surface area contributed by atoms with Crippen LogP contribution in [0.25, 0.3) is 5.69 Å². The molecule has 0 spiro atoms. The van der Waals surface area contributed by atoms with Crippen LogP contribution in [-0.2, 0) is 6.54 Å². The highest BCUT2D eigenvalue weighted by molar-refractivity contribution is 5.88. The highest BCUT2D eigenvalue weighted by atomic mass is 16.2. The molecule has 166 valence electrons. The average Bonchev–Trinajstić information content (AvgIpc) is 2.80. The minimum Gasteiger partial charge on any atom is -0.328 e. The molecule has 1 saturated heterocycles. The SMILES string of the molecule is NC1CCC(NCc2ccc(-n3ccc(NC(=O)N4CCNCC4)nc3=O)cc2)CC1. The summed E-state index contributed by atoms with van der Waals surface area (Å²) in [6, 6.07) is 10.1. The molecule has 0 unspecified atom stereocenters. The van der Waals surface area contributed by atoms with Crippen LogP contribution in [0.5, 0.6) is 0 Å². The number of amides is 2. The van der Waals surface area contributed by atoms with Gasteiger partial charge in [-0.2, -0.15) is 4.98 Å². The van der Waals surface area contributed by atoms with Gasteiger partial charge in [0.15, 0.2) is 0 Å². The van der Waals surface area contributed by atoms with E-state index in [0.717, 1.165) is 51.0 Å². The summed E-state index contributed by atoms with van der Waals surface area (Å²) >= 11 is 0. The normalized spacial score (nSPS) is 21.6. The number of benzene rings is 1. The highest BCUT2D eigenvalue weighted by Gasteiger charge is 2.18. The Bertz CT molecular complexity index is 930. The number of hydrogen-bond acceptors (Lipinski definition) is 6. The number of carbonyl (C=O) groups excluding carboxylic acids is 1. The lowest BCUT2D eigenvalue weighted by Crippen LogP contribution is -2.48. The summed E-state index contributed by atoms with van der Waals surface area (Å²) in [6.07, 6.45) is 6.05. The molecule has 2 aliphatic rings. The van der Waals surface area contributed by atoms with Gasteiger partial charge in [0.05, 0.1) is 5.69 Å². The van der Waals surface area contributed by atoms with E-state index >= 15 is 0 Å². The Balaban J connectivity index is 1.34. The van der Waals surface area contributed by atoms with Gasteiger partial charge in [-0.25, -0.2) is 9.59 Å². The molecule has 0 atom stereocenters. The molecule has 1 saturated carbocycles. The van der Waals surface area contributed by atoms with Crippen LogP contribution in [0, 0.1) is 0 Å². The van der Waals surface area contributed by atoms with E-state index in [2.05, 4.69) is 20.9 Å². The van der Waals surface area contributed by atoms with Gasteiger partial charge in [-0.15, -0.1) is 0 Å². The van der Waals surface area contributed by atoms with Crippen LogP contribution in [-0.4, -0.2) is 58.7 Å². The van der Waals surface area contributed by atoms with E-state index in [4.69, 9.17) is 5.73 Å². The molecule has 1 aromatic carbocycles. The Hall–Kier alpha value is -2.75. The smallest absolute Gasteiger partial charge is 0.328 e. The zero-order chi connectivity index (χ0) is 21.6. The molecule has 0 radical (unpaired) electrons. The Morgan fingerprint density at radius 1 is 1.10 bits per heavy atom. The van der Waals surface area contributed by atoms with Crippen LogP contribution in [0.1, 0.15) is 31.2 Å². The topological polar surface area (TPSA) is 117 Å². The number of hydrogen-bond donors (Lipinski definition) is 4. The molecule has 2 heterocycles. The maximum Gasteiger partial charge on any atom is 0.354 e. The number of piperazine rings is 1. The van der Waals surface area contributed by atoms with Crippen LogP contribution in [0.4, 0.5) is 10.6 Å². The summed E-state index contributed by atoms with van der Waals surface area (Å²) in [7, 11) is 0. The summed E-state index contributed by atoms with van der Waals surface area (Å²) in [6.45, 7) is 3.60. The largest absolute Gasteiger partial charge is 0.354 e. The van der Waals surface area contributed by atoms with Crippen LogP contribution in [0.15, 0.2) is 41.3 Å².